The third kappa shape index (κ3) is 2.50. The number of hydrogen-bond acceptors (Lipinski definition) is 3. The van der Waals surface area contributed by atoms with Crippen molar-refractivity contribution in [2.24, 2.45) is 0 Å². The third-order valence-corrected chi connectivity index (χ3v) is 3.31. The monoisotopic (exact) mass is 284 g/mol. The van der Waals surface area contributed by atoms with Gasteiger partial charge in [0.15, 0.2) is 5.78 Å². The molecule has 0 aliphatic carbocycles. The minimum absolute atomic E-state index is 0.0350. The zero-order valence-corrected chi connectivity index (χ0v) is 11.4. The van der Waals surface area contributed by atoms with Gasteiger partial charge in [0.1, 0.15) is 18.1 Å². The zero-order valence-electron chi connectivity index (χ0n) is 11.4. The second-order valence-corrected chi connectivity index (χ2v) is 4.63. The number of ether oxygens (including phenoxy) is 1. The lowest BCUT2D eigenvalue weighted by atomic mass is 10.1. The number of Topliss-reactive ketones (excluding diaryl/α,β-unsaturated/α-hetero) is 1. The molecule has 0 aliphatic heterocycles. The first kappa shape index (κ1) is 13.3. The fourth-order valence-corrected chi connectivity index (χ4v) is 2.27. The number of carbonyl (C=O) groups is 1. The van der Waals surface area contributed by atoms with Crippen molar-refractivity contribution in [2.75, 3.05) is 7.11 Å². The Hall–Kier alpha value is -2.69. The van der Waals surface area contributed by atoms with Gasteiger partial charge in [-0.1, -0.05) is 18.2 Å². The number of hydrogen-bond donors (Lipinski definition) is 0. The van der Waals surface area contributed by atoms with Crippen LogP contribution in [0.2, 0.25) is 0 Å². The van der Waals surface area contributed by atoms with E-state index >= 15 is 0 Å². The summed E-state index contributed by atoms with van der Waals surface area (Å²) in [6.07, 6.45) is 1.70. The Bertz CT molecular complexity index is 811. The summed E-state index contributed by atoms with van der Waals surface area (Å²) in [5.74, 6) is -0.359. The molecule has 3 aromatic rings. The van der Waals surface area contributed by atoms with Crippen molar-refractivity contribution in [2.45, 2.75) is 6.54 Å². The van der Waals surface area contributed by atoms with Crippen LogP contribution in [-0.2, 0) is 6.54 Å². The molecule has 5 heteroatoms. The SMILES string of the molecule is COc1ccc(F)cc1C(=O)Cn1ncc2ccccc21. The first-order chi connectivity index (χ1) is 10.2. The minimum Gasteiger partial charge on any atom is -0.496 e. The van der Waals surface area contributed by atoms with Crippen LogP contribution < -0.4 is 4.74 Å². The van der Waals surface area contributed by atoms with E-state index in [0.717, 1.165) is 10.9 Å². The van der Waals surface area contributed by atoms with Crippen LogP contribution in [0, 0.1) is 5.82 Å². The van der Waals surface area contributed by atoms with E-state index in [-0.39, 0.29) is 17.9 Å². The number of benzene rings is 2. The number of ketones is 1. The maximum atomic E-state index is 13.3. The van der Waals surface area contributed by atoms with Gasteiger partial charge in [-0.25, -0.2) is 4.39 Å². The molecule has 4 nitrogen and oxygen atoms in total. The Morgan fingerprint density at radius 2 is 2.10 bits per heavy atom. The van der Waals surface area contributed by atoms with Gasteiger partial charge in [0.25, 0.3) is 0 Å². The van der Waals surface area contributed by atoms with E-state index in [1.54, 1.807) is 10.9 Å². The van der Waals surface area contributed by atoms with Gasteiger partial charge >= 0.3 is 0 Å². The number of methoxy groups -OCH3 is 1. The lowest BCUT2D eigenvalue weighted by Gasteiger charge is -2.08. The molecule has 0 fully saturated rings. The molecule has 0 aliphatic rings. The van der Waals surface area contributed by atoms with Gasteiger partial charge in [-0.15, -0.1) is 0 Å². The molecule has 0 N–H and O–H groups in total. The average molecular weight is 284 g/mol. The number of halogens is 1. The fourth-order valence-electron chi connectivity index (χ4n) is 2.27. The van der Waals surface area contributed by atoms with Gasteiger partial charge < -0.3 is 4.74 Å². The van der Waals surface area contributed by atoms with Gasteiger partial charge in [-0.2, -0.15) is 5.10 Å². The van der Waals surface area contributed by atoms with E-state index in [4.69, 9.17) is 4.74 Å². The molecule has 0 atom stereocenters. The molecule has 0 saturated carbocycles. The molecule has 0 radical (unpaired) electrons. The molecule has 0 unspecified atom stereocenters. The van der Waals surface area contributed by atoms with Crippen molar-refractivity contribution in [3.05, 3.63) is 60.0 Å². The first-order valence-corrected chi connectivity index (χ1v) is 6.46. The summed E-state index contributed by atoms with van der Waals surface area (Å²) in [5.41, 5.74) is 1.08. The summed E-state index contributed by atoms with van der Waals surface area (Å²) < 4.78 is 20.1. The van der Waals surface area contributed by atoms with E-state index in [0.29, 0.717) is 5.75 Å². The van der Waals surface area contributed by atoms with Crippen LogP contribution in [0.3, 0.4) is 0 Å². The number of carbonyl (C=O) groups excluding carboxylic acids is 1. The molecule has 0 spiro atoms. The van der Waals surface area contributed by atoms with E-state index in [9.17, 15) is 9.18 Å². The lowest BCUT2D eigenvalue weighted by Crippen LogP contribution is -2.13. The smallest absolute Gasteiger partial charge is 0.188 e. The summed E-state index contributed by atoms with van der Waals surface area (Å²) in [4.78, 5) is 12.4. The number of nitrogens with zero attached hydrogens (tertiary/aromatic N) is 2. The summed E-state index contributed by atoms with van der Waals surface area (Å²) in [6.45, 7) is 0.0350. The van der Waals surface area contributed by atoms with Crippen LogP contribution in [-0.4, -0.2) is 22.7 Å². The molecule has 0 amide bonds. The van der Waals surface area contributed by atoms with Crippen molar-refractivity contribution in [3.63, 3.8) is 0 Å². The van der Waals surface area contributed by atoms with Crippen molar-refractivity contribution < 1.29 is 13.9 Å². The highest BCUT2D eigenvalue weighted by Crippen LogP contribution is 2.21. The van der Waals surface area contributed by atoms with Crippen LogP contribution in [0.5, 0.6) is 5.75 Å². The Morgan fingerprint density at radius 3 is 2.90 bits per heavy atom. The highest BCUT2D eigenvalue weighted by Gasteiger charge is 2.15. The van der Waals surface area contributed by atoms with Crippen LogP contribution in [0.15, 0.2) is 48.7 Å². The molecule has 0 bridgehead atoms. The quantitative estimate of drug-likeness (QED) is 0.692. The van der Waals surface area contributed by atoms with Crippen molar-refractivity contribution >= 4 is 16.7 Å². The largest absolute Gasteiger partial charge is 0.496 e. The van der Waals surface area contributed by atoms with Crippen molar-refractivity contribution in [1.82, 2.24) is 9.78 Å². The normalized spacial score (nSPS) is 10.8. The van der Waals surface area contributed by atoms with Crippen molar-refractivity contribution in [3.8, 4) is 5.75 Å². The highest BCUT2D eigenvalue weighted by molar-refractivity contribution is 5.99. The summed E-state index contributed by atoms with van der Waals surface area (Å²) in [5, 5.41) is 5.16. The summed E-state index contributed by atoms with van der Waals surface area (Å²) in [7, 11) is 1.45. The number of para-hydroxylation sites is 1. The topological polar surface area (TPSA) is 44.1 Å². The fraction of sp³-hybridized carbons (Fsp3) is 0.125. The first-order valence-electron chi connectivity index (χ1n) is 6.46. The van der Waals surface area contributed by atoms with Crippen molar-refractivity contribution in [1.29, 1.82) is 0 Å². The van der Waals surface area contributed by atoms with Gasteiger partial charge in [-0.05, 0) is 24.3 Å². The Kier molecular flexibility index (Phi) is 3.39. The molecule has 21 heavy (non-hydrogen) atoms. The van der Waals surface area contributed by atoms with Gasteiger partial charge in [0, 0.05) is 5.39 Å². The van der Waals surface area contributed by atoms with Crippen LogP contribution in [0.1, 0.15) is 10.4 Å². The molecule has 2 aromatic carbocycles. The van der Waals surface area contributed by atoms with Crippen LogP contribution in [0.4, 0.5) is 4.39 Å². The number of fused-ring (bicyclic) bond motifs is 1. The Balaban J connectivity index is 1.95. The molecular weight excluding hydrogens is 271 g/mol. The van der Waals surface area contributed by atoms with Gasteiger partial charge in [0.2, 0.25) is 0 Å². The molecule has 3 rings (SSSR count). The zero-order chi connectivity index (χ0) is 14.8. The standard InChI is InChI=1S/C16H13FN2O2/c1-21-16-7-6-12(17)8-13(16)15(20)10-19-14-5-3-2-4-11(14)9-18-19/h2-9H,10H2,1H3. The third-order valence-electron chi connectivity index (χ3n) is 3.31. The van der Waals surface area contributed by atoms with Crippen LogP contribution >= 0.6 is 0 Å². The molecule has 106 valence electrons. The van der Waals surface area contributed by atoms with Gasteiger partial charge in [-0.3, -0.25) is 9.48 Å². The maximum absolute atomic E-state index is 13.3. The van der Waals surface area contributed by atoms with Crippen LogP contribution in [0.25, 0.3) is 10.9 Å². The second kappa shape index (κ2) is 5.36. The highest BCUT2D eigenvalue weighted by atomic mass is 19.1. The predicted molar refractivity (Wildman–Crippen MR) is 77.0 cm³/mol. The van der Waals surface area contributed by atoms with E-state index in [1.165, 1.54) is 25.3 Å². The number of aromatic nitrogens is 2. The predicted octanol–water partition coefficient (Wildman–Crippen LogP) is 3.07. The summed E-state index contributed by atoms with van der Waals surface area (Å²) >= 11 is 0. The van der Waals surface area contributed by atoms with Gasteiger partial charge in [0.05, 0.1) is 24.4 Å². The average Bonchev–Trinajstić information content (AvgIpc) is 2.90. The maximum Gasteiger partial charge on any atom is 0.188 e. The molecule has 1 heterocycles. The Morgan fingerprint density at radius 1 is 1.29 bits per heavy atom. The molecule has 0 saturated heterocycles. The van der Waals surface area contributed by atoms with E-state index in [2.05, 4.69) is 5.10 Å². The molecule has 1 aromatic heterocycles. The Labute approximate surface area is 120 Å². The summed E-state index contributed by atoms with van der Waals surface area (Å²) in [6, 6.07) is 11.5. The van der Waals surface area contributed by atoms with E-state index < -0.39 is 5.82 Å². The molecular formula is C16H13FN2O2. The second-order valence-electron chi connectivity index (χ2n) is 4.63. The number of rotatable bonds is 4. The lowest BCUT2D eigenvalue weighted by molar-refractivity contribution is 0.0966. The minimum atomic E-state index is -0.468. The van der Waals surface area contributed by atoms with E-state index in [1.807, 2.05) is 24.3 Å².